The molecule has 110 valence electrons. The molecule has 6 heteroatoms. The van der Waals surface area contributed by atoms with Crippen LogP contribution in [-0.2, 0) is 16.2 Å². The predicted molar refractivity (Wildman–Crippen MR) is 80.6 cm³/mol. The topological polar surface area (TPSA) is 67.4 Å². The summed E-state index contributed by atoms with van der Waals surface area (Å²) in [6.45, 7) is 1.88. The van der Waals surface area contributed by atoms with Gasteiger partial charge in [-0.25, -0.2) is 5.48 Å². The molecule has 0 aliphatic rings. The molecule has 1 atom stereocenters. The molecule has 0 spiro atoms. The van der Waals surface area contributed by atoms with Crippen LogP contribution in [0.4, 0.5) is 0 Å². The predicted octanol–water partition coefficient (Wildman–Crippen LogP) is 2.11. The Bertz CT molecular complexity index is 584. The third-order valence-electron chi connectivity index (χ3n) is 2.74. The smallest absolute Gasteiger partial charge is 0.265 e. The second-order valence-corrected chi connectivity index (χ2v) is 5.36. The molecule has 1 aromatic carbocycles. The first-order chi connectivity index (χ1) is 10.2. The van der Waals surface area contributed by atoms with Gasteiger partial charge in [0.25, 0.3) is 11.8 Å². The maximum absolute atomic E-state index is 11.8. The summed E-state index contributed by atoms with van der Waals surface area (Å²) in [6, 6.07) is 12.3. The van der Waals surface area contributed by atoms with Crippen LogP contribution in [0.1, 0.15) is 22.2 Å². The first kappa shape index (κ1) is 15.2. The van der Waals surface area contributed by atoms with Gasteiger partial charge in [-0.3, -0.25) is 14.4 Å². The highest BCUT2D eigenvalue weighted by atomic mass is 32.1. The van der Waals surface area contributed by atoms with Crippen molar-refractivity contribution in [1.82, 2.24) is 10.8 Å². The maximum atomic E-state index is 11.8. The first-order valence-corrected chi connectivity index (χ1v) is 7.34. The van der Waals surface area contributed by atoms with Crippen LogP contribution in [0.5, 0.6) is 0 Å². The number of hydrogen-bond donors (Lipinski definition) is 2. The Kier molecular flexibility index (Phi) is 5.48. The van der Waals surface area contributed by atoms with E-state index in [0.717, 1.165) is 5.56 Å². The van der Waals surface area contributed by atoms with Crippen LogP contribution in [-0.4, -0.2) is 17.9 Å². The Hall–Kier alpha value is -2.18. The standard InChI is InChI=1S/C15H16N2O3S/c1-11(16-15(19)13-8-5-9-21-13)14(18)17-20-10-12-6-3-2-4-7-12/h2-9,11H,10H2,1H3,(H,16,19)(H,17,18). The van der Waals surface area contributed by atoms with Crippen molar-refractivity contribution in [3.8, 4) is 0 Å². The average molecular weight is 304 g/mol. The Morgan fingerprint density at radius 1 is 1.19 bits per heavy atom. The van der Waals surface area contributed by atoms with Gasteiger partial charge in [-0.05, 0) is 23.9 Å². The van der Waals surface area contributed by atoms with Crippen LogP contribution >= 0.6 is 11.3 Å². The molecular formula is C15H16N2O3S. The molecule has 2 rings (SSSR count). The summed E-state index contributed by atoms with van der Waals surface area (Å²) < 4.78 is 0. The van der Waals surface area contributed by atoms with E-state index in [1.807, 2.05) is 35.7 Å². The lowest BCUT2D eigenvalue weighted by atomic mass is 10.2. The first-order valence-electron chi connectivity index (χ1n) is 6.47. The van der Waals surface area contributed by atoms with Crippen molar-refractivity contribution in [3.05, 3.63) is 58.3 Å². The molecule has 2 N–H and O–H groups in total. The number of benzene rings is 1. The van der Waals surface area contributed by atoms with Crippen LogP contribution in [0.2, 0.25) is 0 Å². The molecule has 1 unspecified atom stereocenters. The Labute approximate surface area is 126 Å². The number of hydroxylamine groups is 1. The molecule has 0 fully saturated rings. The van der Waals surface area contributed by atoms with Gasteiger partial charge in [0.2, 0.25) is 0 Å². The highest BCUT2D eigenvalue weighted by molar-refractivity contribution is 7.12. The van der Waals surface area contributed by atoms with Gasteiger partial charge in [0.05, 0.1) is 11.5 Å². The third kappa shape index (κ3) is 4.70. The summed E-state index contributed by atoms with van der Waals surface area (Å²) in [5, 5.41) is 4.42. The van der Waals surface area contributed by atoms with E-state index in [1.165, 1.54) is 11.3 Å². The fourth-order valence-electron chi connectivity index (χ4n) is 1.59. The van der Waals surface area contributed by atoms with Crippen molar-refractivity contribution in [1.29, 1.82) is 0 Å². The molecule has 5 nitrogen and oxygen atoms in total. The van der Waals surface area contributed by atoms with Gasteiger partial charge < -0.3 is 5.32 Å². The fraction of sp³-hybridized carbons (Fsp3) is 0.200. The highest BCUT2D eigenvalue weighted by Crippen LogP contribution is 2.08. The van der Waals surface area contributed by atoms with Crippen LogP contribution in [0.15, 0.2) is 47.8 Å². The molecular weight excluding hydrogens is 288 g/mol. The number of hydrogen-bond acceptors (Lipinski definition) is 4. The minimum absolute atomic E-state index is 0.268. The van der Waals surface area contributed by atoms with E-state index in [9.17, 15) is 9.59 Å². The summed E-state index contributed by atoms with van der Waals surface area (Å²) in [6.07, 6.45) is 0. The van der Waals surface area contributed by atoms with Gasteiger partial charge in [-0.1, -0.05) is 36.4 Å². The van der Waals surface area contributed by atoms with E-state index in [2.05, 4.69) is 10.8 Å². The van der Waals surface area contributed by atoms with Crippen LogP contribution < -0.4 is 10.8 Å². The number of carbonyl (C=O) groups is 2. The Morgan fingerprint density at radius 2 is 1.95 bits per heavy atom. The minimum Gasteiger partial charge on any atom is -0.340 e. The lowest BCUT2D eigenvalue weighted by Crippen LogP contribution is -2.44. The Balaban J connectivity index is 1.74. The van der Waals surface area contributed by atoms with Gasteiger partial charge in [0.1, 0.15) is 6.04 Å². The zero-order valence-corrected chi connectivity index (χ0v) is 12.4. The molecule has 0 radical (unpaired) electrons. The average Bonchev–Trinajstić information content (AvgIpc) is 3.02. The third-order valence-corrected chi connectivity index (χ3v) is 3.61. The molecule has 1 aromatic heterocycles. The molecule has 0 saturated carbocycles. The van der Waals surface area contributed by atoms with Crippen molar-refractivity contribution in [3.63, 3.8) is 0 Å². The van der Waals surface area contributed by atoms with Crippen molar-refractivity contribution >= 4 is 23.2 Å². The molecule has 1 heterocycles. The number of amides is 2. The summed E-state index contributed by atoms with van der Waals surface area (Å²) in [5.41, 5.74) is 3.28. The maximum Gasteiger partial charge on any atom is 0.265 e. The number of carbonyl (C=O) groups excluding carboxylic acids is 2. The summed E-state index contributed by atoms with van der Waals surface area (Å²) in [7, 11) is 0. The Morgan fingerprint density at radius 3 is 2.62 bits per heavy atom. The van der Waals surface area contributed by atoms with E-state index in [0.29, 0.717) is 4.88 Å². The molecule has 0 bridgehead atoms. The highest BCUT2D eigenvalue weighted by Gasteiger charge is 2.17. The number of rotatable bonds is 6. The minimum atomic E-state index is -0.671. The van der Waals surface area contributed by atoms with Gasteiger partial charge in [-0.15, -0.1) is 11.3 Å². The van der Waals surface area contributed by atoms with Crippen LogP contribution in [0.3, 0.4) is 0 Å². The van der Waals surface area contributed by atoms with E-state index >= 15 is 0 Å². The van der Waals surface area contributed by atoms with Gasteiger partial charge in [0, 0.05) is 0 Å². The summed E-state index contributed by atoms with van der Waals surface area (Å²) in [4.78, 5) is 29.3. The molecule has 2 amide bonds. The largest absolute Gasteiger partial charge is 0.340 e. The lowest BCUT2D eigenvalue weighted by Gasteiger charge is -2.13. The SMILES string of the molecule is CC(NC(=O)c1cccs1)C(=O)NOCc1ccccc1. The second kappa shape index (κ2) is 7.56. The van der Waals surface area contributed by atoms with E-state index < -0.39 is 11.9 Å². The van der Waals surface area contributed by atoms with Crippen LogP contribution in [0, 0.1) is 0 Å². The van der Waals surface area contributed by atoms with E-state index in [1.54, 1.807) is 19.1 Å². The normalized spacial score (nSPS) is 11.7. The lowest BCUT2D eigenvalue weighted by molar-refractivity contribution is -0.136. The monoisotopic (exact) mass is 304 g/mol. The number of nitrogens with one attached hydrogen (secondary N) is 2. The van der Waals surface area contributed by atoms with Crippen molar-refractivity contribution in [2.24, 2.45) is 0 Å². The zero-order valence-electron chi connectivity index (χ0n) is 11.5. The van der Waals surface area contributed by atoms with Crippen LogP contribution in [0.25, 0.3) is 0 Å². The van der Waals surface area contributed by atoms with Crippen molar-refractivity contribution < 1.29 is 14.4 Å². The zero-order chi connectivity index (χ0) is 15.1. The van der Waals surface area contributed by atoms with E-state index in [-0.39, 0.29) is 12.5 Å². The molecule has 21 heavy (non-hydrogen) atoms. The summed E-state index contributed by atoms with van der Waals surface area (Å²) in [5.74, 6) is -0.661. The summed E-state index contributed by atoms with van der Waals surface area (Å²) >= 11 is 1.32. The van der Waals surface area contributed by atoms with Crippen molar-refractivity contribution in [2.75, 3.05) is 0 Å². The molecule has 2 aromatic rings. The van der Waals surface area contributed by atoms with Gasteiger partial charge in [0.15, 0.2) is 0 Å². The molecule has 0 aliphatic carbocycles. The molecule has 0 aliphatic heterocycles. The number of thiophene rings is 1. The van der Waals surface area contributed by atoms with Crippen molar-refractivity contribution in [2.45, 2.75) is 19.6 Å². The quantitative estimate of drug-likeness (QED) is 0.803. The second-order valence-electron chi connectivity index (χ2n) is 4.41. The van der Waals surface area contributed by atoms with Gasteiger partial charge >= 0.3 is 0 Å². The van der Waals surface area contributed by atoms with E-state index in [4.69, 9.17) is 4.84 Å². The molecule has 0 saturated heterocycles. The van der Waals surface area contributed by atoms with Gasteiger partial charge in [-0.2, -0.15) is 0 Å². The fourth-order valence-corrected chi connectivity index (χ4v) is 2.22.